The largest absolute Gasteiger partial charge is 0.335 e. The summed E-state index contributed by atoms with van der Waals surface area (Å²) in [5, 5.41) is 5.67. The average Bonchev–Trinajstić information content (AvgIpc) is 2.36. The monoisotopic (exact) mass is 276 g/mol. The van der Waals surface area contributed by atoms with Gasteiger partial charge in [0.15, 0.2) is 5.78 Å². The zero-order valence-electron chi connectivity index (χ0n) is 12.7. The second kappa shape index (κ2) is 7.68. The first-order chi connectivity index (χ1) is 9.38. The molecule has 4 nitrogen and oxygen atoms in total. The third-order valence-electron chi connectivity index (χ3n) is 3.10. The van der Waals surface area contributed by atoms with Crippen LogP contribution in [-0.2, 0) is 0 Å². The van der Waals surface area contributed by atoms with Crippen LogP contribution in [-0.4, -0.2) is 17.9 Å². The van der Waals surface area contributed by atoms with E-state index in [9.17, 15) is 9.59 Å². The minimum Gasteiger partial charge on any atom is -0.335 e. The van der Waals surface area contributed by atoms with E-state index in [1.807, 2.05) is 6.92 Å². The van der Waals surface area contributed by atoms with Crippen LogP contribution in [0.3, 0.4) is 0 Å². The van der Waals surface area contributed by atoms with E-state index in [0.717, 1.165) is 12.8 Å². The predicted octanol–water partition coefficient (Wildman–Crippen LogP) is 3.84. The molecule has 1 aromatic carbocycles. The summed E-state index contributed by atoms with van der Waals surface area (Å²) in [6, 6.07) is 6.82. The van der Waals surface area contributed by atoms with Gasteiger partial charge in [0.25, 0.3) is 0 Å². The van der Waals surface area contributed by atoms with E-state index in [1.54, 1.807) is 24.3 Å². The van der Waals surface area contributed by atoms with Crippen molar-refractivity contribution >= 4 is 17.5 Å². The molecule has 1 aromatic rings. The molecule has 2 amide bonds. The summed E-state index contributed by atoms with van der Waals surface area (Å²) in [4.78, 5) is 22.9. The Bertz CT molecular complexity index is 452. The fourth-order valence-electron chi connectivity index (χ4n) is 1.83. The van der Waals surface area contributed by atoms with E-state index in [0.29, 0.717) is 17.2 Å². The molecule has 20 heavy (non-hydrogen) atoms. The second-order valence-corrected chi connectivity index (χ2v) is 5.60. The van der Waals surface area contributed by atoms with Crippen molar-refractivity contribution in [2.45, 2.75) is 46.6 Å². The molecule has 1 rings (SSSR count). The van der Waals surface area contributed by atoms with E-state index >= 15 is 0 Å². The normalized spacial score (nSPS) is 12.1. The van der Waals surface area contributed by atoms with E-state index < -0.39 is 0 Å². The highest BCUT2D eigenvalue weighted by atomic mass is 16.2. The van der Waals surface area contributed by atoms with Crippen molar-refractivity contribution in [3.8, 4) is 0 Å². The van der Waals surface area contributed by atoms with E-state index in [1.165, 1.54) is 6.92 Å². The number of nitrogens with one attached hydrogen (secondary N) is 2. The molecule has 1 unspecified atom stereocenters. The molecule has 0 heterocycles. The van der Waals surface area contributed by atoms with Crippen LogP contribution in [0.25, 0.3) is 0 Å². The molecular formula is C16H24N2O2. The maximum atomic E-state index is 11.8. The van der Waals surface area contributed by atoms with Crippen LogP contribution in [0.1, 0.15) is 50.9 Å². The van der Waals surface area contributed by atoms with Gasteiger partial charge in [-0.25, -0.2) is 4.79 Å². The standard InChI is InChI=1S/C16H24N2O2/c1-11(2)5-6-12(3)17-16(20)18-15-9-7-14(8-10-15)13(4)19/h7-12H,5-6H2,1-4H3,(H2,17,18,20). The summed E-state index contributed by atoms with van der Waals surface area (Å²) in [5.41, 5.74) is 1.32. The van der Waals surface area contributed by atoms with E-state index in [4.69, 9.17) is 0 Å². The molecule has 1 atom stereocenters. The van der Waals surface area contributed by atoms with Gasteiger partial charge < -0.3 is 10.6 Å². The van der Waals surface area contributed by atoms with Crippen LogP contribution in [0, 0.1) is 5.92 Å². The van der Waals surface area contributed by atoms with E-state index in [2.05, 4.69) is 24.5 Å². The number of ketones is 1. The van der Waals surface area contributed by atoms with Gasteiger partial charge in [0.05, 0.1) is 0 Å². The van der Waals surface area contributed by atoms with Gasteiger partial charge in [-0.2, -0.15) is 0 Å². The first-order valence-electron chi connectivity index (χ1n) is 7.07. The summed E-state index contributed by atoms with van der Waals surface area (Å²) < 4.78 is 0. The number of anilines is 1. The Morgan fingerprint density at radius 2 is 1.65 bits per heavy atom. The van der Waals surface area contributed by atoms with Gasteiger partial charge in [0.1, 0.15) is 0 Å². The molecule has 0 aliphatic rings. The second-order valence-electron chi connectivity index (χ2n) is 5.60. The van der Waals surface area contributed by atoms with Gasteiger partial charge in [0.2, 0.25) is 0 Å². The third kappa shape index (κ3) is 5.87. The lowest BCUT2D eigenvalue weighted by atomic mass is 10.0. The SMILES string of the molecule is CC(=O)c1ccc(NC(=O)NC(C)CCC(C)C)cc1. The van der Waals surface area contributed by atoms with Crippen molar-refractivity contribution < 1.29 is 9.59 Å². The van der Waals surface area contributed by atoms with Crippen LogP contribution in [0.15, 0.2) is 24.3 Å². The average molecular weight is 276 g/mol. The Labute approximate surface area is 121 Å². The van der Waals surface area contributed by atoms with Crippen molar-refractivity contribution in [3.63, 3.8) is 0 Å². The van der Waals surface area contributed by atoms with Crippen LogP contribution in [0.2, 0.25) is 0 Å². The summed E-state index contributed by atoms with van der Waals surface area (Å²) in [5.74, 6) is 0.657. The Kier molecular flexibility index (Phi) is 6.22. The third-order valence-corrected chi connectivity index (χ3v) is 3.10. The number of benzene rings is 1. The Morgan fingerprint density at radius 1 is 1.05 bits per heavy atom. The highest BCUT2D eigenvalue weighted by Crippen LogP contribution is 2.10. The Morgan fingerprint density at radius 3 is 2.15 bits per heavy atom. The molecule has 0 saturated carbocycles. The predicted molar refractivity (Wildman–Crippen MR) is 82.1 cm³/mol. The van der Waals surface area contributed by atoms with Gasteiger partial charge in [-0.3, -0.25) is 4.79 Å². The number of Topliss-reactive ketones (excluding diaryl/α,β-unsaturated/α-hetero) is 1. The van der Waals surface area contributed by atoms with Gasteiger partial charge >= 0.3 is 6.03 Å². The maximum absolute atomic E-state index is 11.8. The number of amides is 2. The molecule has 0 bridgehead atoms. The van der Waals surface area contributed by atoms with Crippen molar-refractivity contribution in [1.29, 1.82) is 0 Å². The number of urea groups is 1. The molecule has 0 aromatic heterocycles. The van der Waals surface area contributed by atoms with Crippen molar-refractivity contribution in [2.75, 3.05) is 5.32 Å². The summed E-state index contributed by atoms with van der Waals surface area (Å²) in [6.45, 7) is 7.86. The molecule has 2 N–H and O–H groups in total. The number of rotatable bonds is 6. The fraction of sp³-hybridized carbons (Fsp3) is 0.500. The first-order valence-corrected chi connectivity index (χ1v) is 7.07. The molecule has 0 aliphatic heterocycles. The van der Waals surface area contributed by atoms with Crippen LogP contribution >= 0.6 is 0 Å². The molecule has 4 heteroatoms. The highest BCUT2D eigenvalue weighted by Gasteiger charge is 2.08. The maximum Gasteiger partial charge on any atom is 0.319 e. The van der Waals surface area contributed by atoms with E-state index in [-0.39, 0.29) is 17.9 Å². The number of hydrogen-bond donors (Lipinski definition) is 2. The van der Waals surface area contributed by atoms with Gasteiger partial charge in [-0.15, -0.1) is 0 Å². The highest BCUT2D eigenvalue weighted by molar-refractivity contribution is 5.95. The topological polar surface area (TPSA) is 58.2 Å². The smallest absolute Gasteiger partial charge is 0.319 e. The lowest BCUT2D eigenvalue weighted by Crippen LogP contribution is -2.36. The fourth-order valence-corrected chi connectivity index (χ4v) is 1.83. The van der Waals surface area contributed by atoms with Gasteiger partial charge in [-0.1, -0.05) is 13.8 Å². The molecule has 0 radical (unpaired) electrons. The quantitative estimate of drug-likeness (QED) is 0.776. The van der Waals surface area contributed by atoms with Crippen LogP contribution in [0.4, 0.5) is 10.5 Å². The minimum absolute atomic E-state index is 0.0170. The molecule has 110 valence electrons. The summed E-state index contributed by atoms with van der Waals surface area (Å²) in [7, 11) is 0. The lowest BCUT2D eigenvalue weighted by Gasteiger charge is -2.15. The molecule has 0 fully saturated rings. The number of carbonyl (C=O) groups is 2. The van der Waals surface area contributed by atoms with Gasteiger partial charge in [-0.05, 0) is 56.9 Å². The van der Waals surface area contributed by atoms with Crippen molar-refractivity contribution in [3.05, 3.63) is 29.8 Å². The zero-order valence-corrected chi connectivity index (χ0v) is 12.7. The zero-order chi connectivity index (χ0) is 15.1. The van der Waals surface area contributed by atoms with Crippen molar-refractivity contribution in [2.24, 2.45) is 5.92 Å². The summed E-state index contributed by atoms with van der Waals surface area (Å²) in [6.07, 6.45) is 2.06. The number of carbonyl (C=O) groups excluding carboxylic acids is 2. The minimum atomic E-state index is -0.211. The molecular weight excluding hydrogens is 252 g/mol. The number of hydrogen-bond acceptors (Lipinski definition) is 2. The molecule has 0 spiro atoms. The first kappa shape index (κ1) is 16.2. The van der Waals surface area contributed by atoms with Crippen LogP contribution < -0.4 is 10.6 Å². The molecule has 0 aliphatic carbocycles. The Hall–Kier alpha value is -1.84. The van der Waals surface area contributed by atoms with Gasteiger partial charge in [0, 0.05) is 17.3 Å². The Balaban J connectivity index is 2.43. The summed E-state index contributed by atoms with van der Waals surface area (Å²) >= 11 is 0. The molecule has 0 saturated heterocycles. The lowest BCUT2D eigenvalue weighted by molar-refractivity contribution is 0.101. The van der Waals surface area contributed by atoms with Crippen molar-refractivity contribution in [1.82, 2.24) is 5.32 Å². The van der Waals surface area contributed by atoms with Crippen LogP contribution in [0.5, 0.6) is 0 Å².